The van der Waals surface area contributed by atoms with Crippen molar-refractivity contribution < 1.29 is 23.8 Å². The minimum absolute atomic E-state index is 0.00177. The monoisotopic (exact) mass is 411 g/mol. The highest BCUT2D eigenvalue weighted by molar-refractivity contribution is 7.22. The van der Waals surface area contributed by atoms with Crippen molar-refractivity contribution in [2.45, 2.75) is 32.8 Å². The van der Waals surface area contributed by atoms with E-state index >= 15 is 0 Å². The molecule has 0 aliphatic rings. The number of aromatic nitrogens is 1. The number of aliphatic hydroxyl groups excluding tert-OH is 1. The standard InChI is InChI=1S/C19H26FN3O4S/c1-19(2,3)27-18(25)22-11-13(10-20)12-26-14-5-6-15-16(9-14)28-17(23-15)21-7-4-8-24/h5-6,9-10,24H,4,7-8,11-12H2,1-3H3,(H,21,23)(H,22,25)/b13-10+. The van der Waals surface area contributed by atoms with Gasteiger partial charge in [0, 0.05) is 25.3 Å². The minimum atomic E-state index is -0.615. The number of ether oxygens (including phenoxy) is 2. The van der Waals surface area contributed by atoms with E-state index in [1.807, 2.05) is 12.1 Å². The molecule has 1 heterocycles. The van der Waals surface area contributed by atoms with E-state index in [0.29, 0.717) is 25.0 Å². The van der Waals surface area contributed by atoms with Crippen LogP contribution in [0.1, 0.15) is 27.2 Å². The quantitative estimate of drug-likeness (QED) is 0.543. The predicted octanol–water partition coefficient (Wildman–Crippen LogP) is 3.85. The van der Waals surface area contributed by atoms with Crippen molar-refractivity contribution >= 4 is 32.8 Å². The number of benzene rings is 1. The fourth-order valence-electron chi connectivity index (χ4n) is 2.14. The van der Waals surface area contributed by atoms with Gasteiger partial charge in [0.25, 0.3) is 0 Å². The van der Waals surface area contributed by atoms with Gasteiger partial charge in [0.2, 0.25) is 0 Å². The maximum absolute atomic E-state index is 13.1. The molecule has 0 fully saturated rings. The number of alkyl carbamates (subject to hydrolysis) is 1. The number of hydrogen-bond acceptors (Lipinski definition) is 7. The number of rotatable bonds is 9. The highest BCUT2D eigenvalue weighted by atomic mass is 32.1. The Morgan fingerprint density at radius 2 is 2.18 bits per heavy atom. The Morgan fingerprint density at radius 1 is 1.39 bits per heavy atom. The van der Waals surface area contributed by atoms with Gasteiger partial charge < -0.3 is 25.2 Å². The molecule has 2 rings (SSSR count). The Labute approximate surface area is 167 Å². The molecule has 1 aromatic carbocycles. The number of nitrogens with one attached hydrogen (secondary N) is 2. The first-order valence-electron chi connectivity index (χ1n) is 8.94. The van der Waals surface area contributed by atoms with E-state index in [-0.39, 0.29) is 25.3 Å². The second-order valence-electron chi connectivity index (χ2n) is 7.06. The molecule has 0 radical (unpaired) electrons. The zero-order valence-electron chi connectivity index (χ0n) is 16.3. The van der Waals surface area contributed by atoms with Crippen molar-refractivity contribution in [3.05, 3.63) is 30.1 Å². The van der Waals surface area contributed by atoms with Crippen molar-refractivity contribution in [1.29, 1.82) is 0 Å². The summed E-state index contributed by atoms with van der Waals surface area (Å²) in [5, 5.41) is 15.3. The molecule has 3 N–H and O–H groups in total. The lowest BCUT2D eigenvalue weighted by Crippen LogP contribution is -2.34. The van der Waals surface area contributed by atoms with Gasteiger partial charge in [0.1, 0.15) is 18.0 Å². The average Bonchev–Trinajstić information content (AvgIpc) is 3.02. The number of anilines is 1. The second-order valence-corrected chi connectivity index (χ2v) is 8.09. The third-order valence-corrected chi connectivity index (χ3v) is 4.38. The molecule has 0 aliphatic heterocycles. The summed E-state index contributed by atoms with van der Waals surface area (Å²) in [7, 11) is 0. The number of amides is 1. The highest BCUT2D eigenvalue weighted by Gasteiger charge is 2.16. The van der Waals surface area contributed by atoms with Crippen LogP contribution in [0.5, 0.6) is 5.75 Å². The van der Waals surface area contributed by atoms with E-state index in [2.05, 4.69) is 15.6 Å². The molecule has 9 heteroatoms. The summed E-state index contributed by atoms with van der Waals surface area (Å²) in [5.41, 5.74) is 0.495. The smallest absolute Gasteiger partial charge is 0.407 e. The third kappa shape index (κ3) is 7.32. The topological polar surface area (TPSA) is 92.7 Å². The number of hydrogen-bond donors (Lipinski definition) is 3. The normalized spacial score (nSPS) is 12.1. The first-order chi connectivity index (χ1) is 13.3. The van der Waals surface area contributed by atoms with Crippen molar-refractivity contribution in [2.75, 3.05) is 31.6 Å². The molecule has 154 valence electrons. The Hall–Kier alpha value is -2.39. The lowest BCUT2D eigenvalue weighted by Gasteiger charge is -2.20. The van der Waals surface area contributed by atoms with Crippen LogP contribution in [-0.2, 0) is 4.74 Å². The van der Waals surface area contributed by atoms with Gasteiger partial charge in [0.15, 0.2) is 5.13 Å². The summed E-state index contributed by atoms with van der Waals surface area (Å²) in [6.45, 7) is 6.03. The van der Waals surface area contributed by atoms with E-state index in [9.17, 15) is 9.18 Å². The number of halogens is 1. The van der Waals surface area contributed by atoms with Crippen LogP contribution in [-0.4, -0.2) is 48.1 Å². The first-order valence-corrected chi connectivity index (χ1v) is 9.75. The summed E-state index contributed by atoms with van der Waals surface area (Å²) in [4.78, 5) is 16.1. The summed E-state index contributed by atoms with van der Waals surface area (Å²) in [6, 6.07) is 5.42. The molecule has 1 amide bonds. The lowest BCUT2D eigenvalue weighted by molar-refractivity contribution is 0.0531. The largest absolute Gasteiger partial charge is 0.489 e. The van der Waals surface area contributed by atoms with Gasteiger partial charge in [-0.25, -0.2) is 14.2 Å². The number of thiazole rings is 1. The highest BCUT2D eigenvalue weighted by Crippen LogP contribution is 2.29. The molecule has 2 aromatic rings. The molecule has 0 aliphatic carbocycles. The molecule has 0 saturated heterocycles. The van der Waals surface area contributed by atoms with E-state index in [0.717, 1.165) is 15.3 Å². The lowest BCUT2D eigenvalue weighted by atomic mass is 10.2. The van der Waals surface area contributed by atoms with Crippen molar-refractivity contribution in [1.82, 2.24) is 10.3 Å². The van der Waals surface area contributed by atoms with E-state index in [1.165, 1.54) is 11.3 Å². The maximum atomic E-state index is 13.1. The van der Waals surface area contributed by atoms with Crippen LogP contribution in [0.15, 0.2) is 30.1 Å². The van der Waals surface area contributed by atoms with Crippen LogP contribution < -0.4 is 15.4 Å². The molecule has 0 atom stereocenters. The van der Waals surface area contributed by atoms with Gasteiger partial charge in [-0.05, 0) is 45.4 Å². The summed E-state index contributed by atoms with van der Waals surface area (Å²) in [6.07, 6.45) is 0.463. The maximum Gasteiger partial charge on any atom is 0.407 e. The van der Waals surface area contributed by atoms with Gasteiger partial charge in [-0.3, -0.25) is 0 Å². The fraction of sp³-hybridized carbons (Fsp3) is 0.474. The molecule has 0 saturated carbocycles. The van der Waals surface area contributed by atoms with Gasteiger partial charge in [-0.2, -0.15) is 0 Å². The van der Waals surface area contributed by atoms with Crippen LogP contribution >= 0.6 is 11.3 Å². The van der Waals surface area contributed by atoms with Crippen LogP contribution in [0.2, 0.25) is 0 Å². The minimum Gasteiger partial charge on any atom is -0.489 e. The van der Waals surface area contributed by atoms with Crippen molar-refractivity contribution in [3.8, 4) is 5.75 Å². The fourth-order valence-corrected chi connectivity index (χ4v) is 3.06. The average molecular weight is 411 g/mol. The molecule has 0 bridgehead atoms. The third-order valence-electron chi connectivity index (χ3n) is 3.41. The van der Waals surface area contributed by atoms with E-state index in [1.54, 1.807) is 26.8 Å². The zero-order valence-corrected chi connectivity index (χ0v) is 17.1. The van der Waals surface area contributed by atoms with Gasteiger partial charge in [-0.15, -0.1) is 0 Å². The van der Waals surface area contributed by atoms with Crippen LogP contribution in [0.25, 0.3) is 10.2 Å². The van der Waals surface area contributed by atoms with E-state index < -0.39 is 11.7 Å². The Bertz CT molecular complexity index is 817. The molecule has 28 heavy (non-hydrogen) atoms. The Kier molecular flexibility index (Phi) is 8.01. The van der Waals surface area contributed by atoms with Crippen LogP contribution in [0, 0.1) is 0 Å². The number of fused-ring (bicyclic) bond motifs is 1. The number of nitrogens with zero attached hydrogens (tertiary/aromatic N) is 1. The van der Waals surface area contributed by atoms with Gasteiger partial charge >= 0.3 is 6.09 Å². The molecular weight excluding hydrogens is 385 g/mol. The predicted molar refractivity (Wildman–Crippen MR) is 109 cm³/mol. The van der Waals surface area contributed by atoms with Crippen LogP contribution in [0.4, 0.5) is 14.3 Å². The molecule has 7 nitrogen and oxygen atoms in total. The molecule has 1 aromatic heterocycles. The van der Waals surface area contributed by atoms with E-state index in [4.69, 9.17) is 14.6 Å². The summed E-state index contributed by atoms with van der Waals surface area (Å²) in [5.74, 6) is 0.578. The number of carbonyl (C=O) groups is 1. The Balaban J connectivity index is 1.88. The second kappa shape index (κ2) is 10.2. The summed E-state index contributed by atoms with van der Waals surface area (Å²) >= 11 is 1.48. The van der Waals surface area contributed by atoms with Gasteiger partial charge in [-0.1, -0.05) is 11.3 Å². The number of carbonyl (C=O) groups excluding carboxylic acids is 1. The molecule has 0 spiro atoms. The van der Waals surface area contributed by atoms with Crippen LogP contribution in [0.3, 0.4) is 0 Å². The summed E-state index contributed by atoms with van der Waals surface area (Å²) < 4.78 is 24.8. The van der Waals surface area contributed by atoms with Gasteiger partial charge in [0.05, 0.1) is 16.5 Å². The van der Waals surface area contributed by atoms with Crippen molar-refractivity contribution in [2.24, 2.45) is 0 Å². The SMILES string of the molecule is CC(C)(C)OC(=O)NC/C(=C\F)COc1ccc2nc(NCCCO)sc2c1. The van der Waals surface area contributed by atoms with Crippen molar-refractivity contribution in [3.63, 3.8) is 0 Å². The molecular formula is C19H26FN3O4S. The number of aliphatic hydroxyl groups is 1. The molecule has 0 unspecified atom stereocenters. The zero-order chi connectivity index (χ0) is 20.6. The first kappa shape index (κ1) is 21.9. The Morgan fingerprint density at radius 3 is 2.86 bits per heavy atom.